The molecule has 2 aromatic rings. The van der Waals surface area contributed by atoms with E-state index in [0.717, 1.165) is 15.4 Å². The number of halogens is 1. The summed E-state index contributed by atoms with van der Waals surface area (Å²) in [6.45, 7) is 1.43. The number of nitrogens with one attached hydrogen (secondary N) is 1. The van der Waals surface area contributed by atoms with E-state index in [1.807, 2.05) is 18.2 Å². The Kier molecular flexibility index (Phi) is 2.64. The van der Waals surface area contributed by atoms with Crippen LogP contribution in [0.4, 0.5) is 5.95 Å². The summed E-state index contributed by atoms with van der Waals surface area (Å²) >= 11 is 3.36. The standard InChI is InChI=1S/C10H8BrN3O/c1-6(15)13-10-12-5-7-2-3-8(11)4-9(7)14-10/h2-5H,1H3,(H,12,13,14,15). The summed E-state index contributed by atoms with van der Waals surface area (Å²) in [5, 5.41) is 3.48. The summed E-state index contributed by atoms with van der Waals surface area (Å²) in [6.07, 6.45) is 1.68. The Morgan fingerprint density at radius 1 is 1.47 bits per heavy atom. The molecule has 0 unspecified atom stereocenters. The van der Waals surface area contributed by atoms with Crippen molar-refractivity contribution in [3.8, 4) is 0 Å². The molecule has 5 heteroatoms. The maximum Gasteiger partial charge on any atom is 0.229 e. The van der Waals surface area contributed by atoms with E-state index in [9.17, 15) is 4.79 Å². The van der Waals surface area contributed by atoms with Gasteiger partial charge in [-0.25, -0.2) is 9.97 Å². The maximum absolute atomic E-state index is 10.8. The number of carbonyl (C=O) groups is 1. The number of nitrogens with zero attached hydrogens (tertiary/aromatic N) is 2. The average Bonchev–Trinajstić information content (AvgIpc) is 2.16. The van der Waals surface area contributed by atoms with Crippen molar-refractivity contribution >= 4 is 38.7 Å². The van der Waals surface area contributed by atoms with Crippen LogP contribution >= 0.6 is 15.9 Å². The van der Waals surface area contributed by atoms with E-state index >= 15 is 0 Å². The van der Waals surface area contributed by atoms with Crippen molar-refractivity contribution in [2.45, 2.75) is 6.92 Å². The van der Waals surface area contributed by atoms with Crippen LogP contribution in [0.5, 0.6) is 0 Å². The fourth-order valence-corrected chi connectivity index (χ4v) is 1.56. The predicted molar refractivity (Wildman–Crippen MR) is 61.5 cm³/mol. The molecule has 0 radical (unpaired) electrons. The summed E-state index contributed by atoms with van der Waals surface area (Å²) in [5.74, 6) is 0.150. The number of anilines is 1. The van der Waals surface area contributed by atoms with Crippen molar-refractivity contribution in [1.82, 2.24) is 9.97 Å². The Labute approximate surface area is 94.9 Å². The molecular formula is C10H8BrN3O. The number of hydrogen-bond acceptors (Lipinski definition) is 3. The number of hydrogen-bond donors (Lipinski definition) is 1. The van der Waals surface area contributed by atoms with Gasteiger partial charge in [-0.2, -0.15) is 0 Å². The molecule has 1 heterocycles. The molecule has 1 N–H and O–H groups in total. The minimum atomic E-state index is -0.177. The van der Waals surface area contributed by atoms with Gasteiger partial charge < -0.3 is 0 Å². The lowest BCUT2D eigenvalue weighted by Gasteiger charge is -2.02. The minimum Gasteiger partial charge on any atom is -0.295 e. The van der Waals surface area contributed by atoms with Crippen LogP contribution < -0.4 is 5.32 Å². The lowest BCUT2D eigenvalue weighted by molar-refractivity contribution is -0.114. The van der Waals surface area contributed by atoms with Gasteiger partial charge in [-0.05, 0) is 12.1 Å². The van der Waals surface area contributed by atoms with Gasteiger partial charge in [0.25, 0.3) is 0 Å². The fraction of sp³-hybridized carbons (Fsp3) is 0.100. The van der Waals surface area contributed by atoms with Crippen molar-refractivity contribution < 1.29 is 4.79 Å². The summed E-state index contributed by atoms with van der Waals surface area (Å²) in [7, 11) is 0. The topological polar surface area (TPSA) is 54.9 Å². The molecule has 1 aromatic heterocycles. The second kappa shape index (κ2) is 3.94. The van der Waals surface area contributed by atoms with Crippen LogP contribution in [0, 0.1) is 0 Å². The number of carbonyl (C=O) groups excluding carboxylic acids is 1. The van der Waals surface area contributed by atoms with Gasteiger partial charge in [0.05, 0.1) is 5.52 Å². The van der Waals surface area contributed by atoms with Crippen LogP contribution in [0.25, 0.3) is 10.9 Å². The molecule has 0 atom stereocenters. The van der Waals surface area contributed by atoms with Gasteiger partial charge in [-0.15, -0.1) is 0 Å². The monoisotopic (exact) mass is 265 g/mol. The van der Waals surface area contributed by atoms with E-state index in [4.69, 9.17) is 0 Å². The molecule has 0 aliphatic rings. The smallest absolute Gasteiger partial charge is 0.229 e. The maximum atomic E-state index is 10.8. The second-order valence-electron chi connectivity index (χ2n) is 3.08. The quantitative estimate of drug-likeness (QED) is 0.861. The van der Waals surface area contributed by atoms with Crippen molar-refractivity contribution in [1.29, 1.82) is 0 Å². The Morgan fingerprint density at radius 2 is 2.27 bits per heavy atom. The van der Waals surface area contributed by atoms with Crippen LogP contribution in [0.3, 0.4) is 0 Å². The molecule has 0 aliphatic carbocycles. The highest BCUT2D eigenvalue weighted by Gasteiger charge is 2.01. The SMILES string of the molecule is CC(=O)Nc1ncc2ccc(Br)cc2n1. The third-order valence-electron chi connectivity index (χ3n) is 1.83. The zero-order chi connectivity index (χ0) is 10.8. The third kappa shape index (κ3) is 2.30. The van der Waals surface area contributed by atoms with Crippen molar-refractivity contribution in [3.05, 3.63) is 28.9 Å². The molecule has 0 aliphatic heterocycles. The van der Waals surface area contributed by atoms with Gasteiger partial charge in [-0.1, -0.05) is 22.0 Å². The minimum absolute atomic E-state index is 0.177. The summed E-state index contributed by atoms with van der Waals surface area (Å²) in [4.78, 5) is 19.0. The molecule has 0 fully saturated rings. The first-order chi connectivity index (χ1) is 7.15. The van der Waals surface area contributed by atoms with E-state index in [1.165, 1.54) is 6.92 Å². The number of benzene rings is 1. The van der Waals surface area contributed by atoms with Gasteiger partial charge in [-0.3, -0.25) is 10.1 Å². The molecule has 76 valence electrons. The van der Waals surface area contributed by atoms with Crippen LogP contribution in [0.2, 0.25) is 0 Å². The van der Waals surface area contributed by atoms with Gasteiger partial charge in [0, 0.05) is 23.0 Å². The van der Waals surface area contributed by atoms with Crippen molar-refractivity contribution in [3.63, 3.8) is 0 Å². The molecule has 15 heavy (non-hydrogen) atoms. The Morgan fingerprint density at radius 3 is 3.00 bits per heavy atom. The molecule has 0 spiro atoms. The lowest BCUT2D eigenvalue weighted by Crippen LogP contribution is -2.08. The van der Waals surface area contributed by atoms with Crippen LogP contribution in [0.15, 0.2) is 28.9 Å². The van der Waals surface area contributed by atoms with E-state index in [1.54, 1.807) is 6.20 Å². The van der Waals surface area contributed by atoms with Gasteiger partial charge in [0.2, 0.25) is 11.9 Å². The van der Waals surface area contributed by atoms with Gasteiger partial charge in [0.15, 0.2) is 0 Å². The van der Waals surface area contributed by atoms with Crippen molar-refractivity contribution in [2.75, 3.05) is 5.32 Å². The highest BCUT2D eigenvalue weighted by atomic mass is 79.9. The first-order valence-electron chi connectivity index (χ1n) is 4.35. The molecular weight excluding hydrogens is 258 g/mol. The number of rotatable bonds is 1. The molecule has 2 rings (SSSR count). The first kappa shape index (κ1) is 10.0. The third-order valence-corrected chi connectivity index (χ3v) is 2.33. The molecule has 0 saturated carbocycles. The largest absolute Gasteiger partial charge is 0.295 e. The molecule has 1 aromatic carbocycles. The van der Waals surface area contributed by atoms with Gasteiger partial charge >= 0.3 is 0 Å². The molecule has 4 nitrogen and oxygen atoms in total. The van der Waals surface area contributed by atoms with Gasteiger partial charge in [0.1, 0.15) is 0 Å². The molecule has 0 bridgehead atoms. The average molecular weight is 266 g/mol. The van der Waals surface area contributed by atoms with Crippen LogP contribution in [0.1, 0.15) is 6.92 Å². The highest BCUT2D eigenvalue weighted by Crippen LogP contribution is 2.18. The zero-order valence-electron chi connectivity index (χ0n) is 7.99. The van der Waals surface area contributed by atoms with E-state index in [-0.39, 0.29) is 5.91 Å². The van der Waals surface area contributed by atoms with Crippen molar-refractivity contribution in [2.24, 2.45) is 0 Å². The summed E-state index contributed by atoms with van der Waals surface area (Å²) < 4.78 is 0.947. The van der Waals surface area contributed by atoms with Crippen LogP contribution in [-0.4, -0.2) is 15.9 Å². The van der Waals surface area contributed by atoms with Crippen LogP contribution in [-0.2, 0) is 4.79 Å². The lowest BCUT2D eigenvalue weighted by atomic mass is 10.2. The van der Waals surface area contributed by atoms with E-state index < -0.39 is 0 Å². The Bertz CT molecular complexity index is 527. The Balaban J connectivity index is 2.49. The normalized spacial score (nSPS) is 10.3. The summed E-state index contributed by atoms with van der Waals surface area (Å²) in [6, 6.07) is 5.71. The zero-order valence-corrected chi connectivity index (χ0v) is 9.58. The number of amides is 1. The van der Waals surface area contributed by atoms with E-state index in [0.29, 0.717) is 5.95 Å². The summed E-state index contributed by atoms with van der Waals surface area (Å²) in [5.41, 5.74) is 0.795. The fourth-order valence-electron chi connectivity index (χ4n) is 1.21. The van der Waals surface area contributed by atoms with E-state index in [2.05, 4.69) is 31.2 Å². The predicted octanol–water partition coefficient (Wildman–Crippen LogP) is 2.35. The molecule has 0 saturated heterocycles. The Hall–Kier alpha value is -1.49. The number of fused-ring (bicyclic) bond motifs is 1. The number of aromatic nitrogens is 2. The first-order valence-corrected chi connectivity index (χ1v) is 5.14. The second-order valence-corrected chi connectivity index (χ2v) is 3.99. The highest BCUT2D eigenvalue weighted by molar-refractivity contribution is 9.10. The molecule has 1 amide bonds.